The Balaban J connectivity index is 2.38. The van der Waals surface area contributed by atoms with Crippen LogP contribution in [-0.2, 0) is 9.53 Å². The first-order valence-electron chi connectivity index (χ1n) is 5.60. The average Bonchev–Trinajstić information content (AvgIpc) is 2.10. The zero-order chi connectivity index (χ0) is 12.2. The predicted molar refractivity (Wildman–Crippen MR) is 58.2 cm³/mol. The summed E-state index contributed by atoms with van der Waals surface area (Å²) in [6.45, 7) is 4.25. The van der Waals surface area contributed by atoms with Crippen LogP contribution in [0, 0.1) is 5.92 Å². The fraction of sp³-hybridized carbons (Fsp3) is 0.818. The molecule has 5 nitrogen and oxygen atoms in total. The summed E-state index contributed by atoms with van der Waals surface area (Å²) >= 11 is 0. The predicted octanol–water partition coefficient (Wildman–Crippen LogP) is 1.77. The highest BCUT2D eigenvalue weighted by molar-refractivity contribution is 5.73. The molecule has 0 saturated heterocycles. The van der Waals surface area contributed by atoms with Crippen molar-refractivity contribution < 1.29 is 19.4 Å². The van der Waals surface area contributed by atoms with Crippen LogP contribution in [0.25, 0.3) is 0 Å². The quantitative estimate of drug-likeness (QED) is 0.753. The third-order valence-electron chi connectivity index (χ3n) is 2.72. The van der Waals surface area contributed by atoms with E-state index < -0.39 is 17.6 Å². The number of hydrogen-bond donors (Lipinski definition) is 2. The van der Waals surface area contributed by atoms with Crippen molar-refractivity contribution >= 4 is 12.1 Å². The molecule has 1 fully saturated rings. The minimum Gasteiger partial charge on any atom is -0.481 e. The first-order chi connectivity index (χ1) is 7.43. The van der Waals surface area contributed by atoms with Crippen LogP contribution in [0.4, 0.5) is 4.79 Å². The molecule has 0 aliphatic heterocycles. The number of carboxylic acids is 1. The molecule has 5 heteroatoms. The van der Waals surface area contributed by atoms with Crippen molar-refractivity contribution in [1.29, 1.82) is 0 Å². The molecular formula is C11H19NO4. The number of hydrogen-bond acceptors (Lipinski definition) is 3. The molecule has 0 heterocycles. The van der Waals surface area contributed by atoms with E-state index >= 15 is 0 Å². The number of amides is 1. The summed E-state index contributed by atoms with van der Waals surface area (Å²) in [5, 5.41) is 11.4. The van der Waals surface area contributed by atoms with Crippen molar-refractivity contribution in [3.05, 3.63) is 0 Å². The largest absolute Gasteiger partial charge is 0.481 e. The Kier molecular flexibility index (Phi) is 4.15. The molecule has 1 saturated carbocycles. The molecule has 2 N–H and O–H groups in total. The van der Waals surface area contributed by atoms with E-state index in [2.05, 4.69) is 5.32 Å². The Morgan fingerprint density at radius 1 is 1.44 bits per heavy atom. The summed E-state index contributed by atoms with van der Waals surface area (Å²) in [7, 11) is 0. The van der Waals surface area contributed by atoms with Crippen molar-refractivity contribution in [3.8, 4) is 0 Å². The van der Waals surface area contributed by atoms with Crippen LogP contribution < -0.4 is 5.32 Å². The lowest BCUT2D eigenvalue weighted by atomic mass is 9.74. The summed E-state index contributed by atoms with van der Waals surface area (Å²) in [6.07, 6.45) is 1.86. The normalized spacial score (nSPS) is 17.7. The van der Waals surface area contributed by atoms with Gasteiger partial charge in [-0.15, -0.1) is 0 Å². The van der Waals surface area contributed by atoms with Crippen LogP contribution in [0.15, 0.2) is 0 Å². The van der Waals surface area contributed by atoms with Gasteiger partial charge in [-0.2, -0.15) is 0 Å². The average molecular weight is 229 g/mol. The van der Waals surface area contributed by atoms with Gasteiger partial charge in [-0.3, -0.25) is 4.79 Å². The number of rotatable bonds is 5. The summed E-state index contributed by atoms with van der Waals surface area (Å²) in [5.41, 5.74) is -0.570. The van der Waals surface area contributed by atoms with Crippen LogP contribution >= 0.6 is 0 Å². The lowest BCUT2D eigenvalue weighted by Gasteiger charge is -2.40. The van der Waals surface area contributed by atoms with Gasteiger partial charge in [0.15, 0.2) is 0 Å². The van der Waals surface area contributed by atoms with Gasteiger partial charge in [-0.05, 0) is 25.2 Å². The molecule has 1 aliphatic rings. The molecule has 92 valence electrons. The SMILES string of the molecule is CC(C)COC(=O)NC1(CC(=O)O)CCC1. The van der Waals surface area contributed by atoms with Gasteiger partial charge >= 0.3 is 12.1 Å². The number of carboxylic acid groups (broad SMARTS) is 1. The van der Waals surface area contributed by atoms with Gasteiger partial charge in [0.1, 0.15) is 0 Å². The fourth-order valence-corrected chi connectivity index (χ4v) is 1.73. The van der Waals surface area contributed by atoms with E-state index in [9.17, 15) is 9.59 Å². The molecule has 1 rings (SSSR count). The van der Waals surface area contributed by atoms with Gasteiger partial charge in [-0.1, -0.05) is 13.8 Å². The third kappa shape index (κ3) is 3.72. The summed E-state index contributed by atoms with van der Waals surface area (Å²) < 4.78 is 4.97. The smallest absolute Gasteiger partial charge is 0.407 e. The number of carbonyl (C=O) groups excluding carboxylic acids is 1. The van der Waals surface area contributed by atoms with Crippen LogP contribution in [0.5, 0.6) is 0 Å². The van der Waals surface area contributed by atoms with Crippen molar-refractivity contribution in [2.75, 3.05) is 6.61 Å². The zero-order valence-electron chi connectivity index (χ0n) is 9.78. The molecule has 16 heavy (non-hydrogen) atoms. The van der Waals surface area contributed by atoms with E-state index in [0.717, 1.165) is 19.3 Å². The molecule has 0 unspecified atom stereocenters. The van der Waals surface area contributed by atoms with E-state index in [4.69, 9.17) is 9.84 Å². The Bertz CT molecular complexity index is 271. The minimum atomic E-state index is -0.885. The Morgan fingerprint density at radius 2 is 2.06 bits per heavy atom. The number of carbonyl (C=O) groups is 2. The lowest BCUT2D eigenvalue weighted by molar-refractivity contribution is -0.139. The van der Waals surface area contributed by atoms with Crippen LogP contribution in [0.1, 0.15) is 39.5 Å². The maximum Gasteiger partial charge on any atom is 0.407 e. The molecule has 1 amide bonds. The van der Waals surface area contributed by atoms with Crippen molar-refractivity contribution in [3.63, 3.8) is 0 Å². The van der Waals surface area contributed by atoms with Gasteiger partial charge < -0.3 is 15.2 Å². The maximum absolute atomic E-state index is 11.4. The topological polar surface area (TPSA) is 75.6 Å². The second kappa shape index (κ2) is 5.18. The fourth-order valence-electron chi connectivity index (χ4n) is 1.73. The molecule has 0 aromatic rings. The van der Waals surface area contributed by atoms with E-state index in [1.54, 1.807) is 0 Å². The molecule has 0 aromatic carbocycles. The third-order valence-corrected chi connectivity index (χ3v) is 2.72. The van der Waals surface area contributed by atoms with Gasteiger partial charge in [0.25, 0.3) is 0 Å². The Hall–Kier alpha value is -1.26. The van der Waals surface area contributed by atoms with Gasteiger partial charge in [0.2, 0.25) is 0 Å². The van der Waals surface area contributed by atoms with E-state index in [1.807, 2.05) is 13.8 Å². The van der Waals surface area contributed by atoms with Gasteiger partial charge in [0, 0.05) is 0 Å². The molecule has 0 bridgehead atoms. The van der Waals surface area contributed by atoms with Crippen LogP contribution in [0.2, 0.25) is 0 Å². The molecule has 1 aliphatic carbocycles. The van der Waals surface area contributed by atoms with E-state index in [-0.39, 0.29) is 12.3 Å². The highest BCUT2D eigenvalue weighted by Crippen LogP contribution is 2.34. The second-order valence-electron chi connectivity index (χ2n) is 4.82. The molecule has 0 spiro atoms. The summed E-state index contributed by atoms with van der Waals surface area (Å²) in [6, 6.07) is 0. The van der Waals surface area contributed by atoms with Gasteiger partial charge in [0.05, 0.1) is 18.6 Å². The number of nitrogens with one attached hydrogen (secondary N) is 1. The molecule has 0 radical (unpaired) electrons. The minimum absolute atomic E-state index is 0.0240. The number of ether oxygens (including phenoxy) is 1. The summed E-state index contributed by atoms with van der Waals surface area (Å²) in [4.78, 5) is 22.1. The first-order valence-corrected chi connectivity index (χ1v) is 5.60. The van der Waals surface area contributed by atoms with E-state index in [0.29, 0.717) is 6.61 Å². The summed E-state index contributed by atoms with van der Waals surface area (Å²) in [5.74, 6) is -0.605. The molecule has 0 atom stereocenters. The molecule has 0 aromatic heterocycles. The Morgan fingerprint density at radius 3 is 2.44 bits per heavy atom. The van der Waals surface area contributed by atoms with Crippen molar-refractivity contribution in [2.45, 2.75) is 45.1 Å². The zero-order valence-corrected chi connectivity index (χ0v) is 9.78. The number of aliphatic carboxylic acids is 1. The number of alkyl carbamates (subject to hydrolysis) is 1. The van der Waals surface area contributed by atoms with E-state index in [1.165, 1.54) is 0 Å². The highest BCUT2D eigenvalue weighted by Gasteiger charge is 2.40. The van der Waals surface area contributed by atoms with Crippen molar-refractivity contribution in [2.24, 2.45) is 5.92 Å². The standard InChI is InChI=1S/C11H19NO4/c1-8(2)7-16-10(15)12-11(4-3-5-11)6-9(13)14/h8H,3-7H2,1-2H3,(H,12,15)(H,13,14). The monoisotopic (exact) mass is 229 g/mol. The highest BCUT2D eigenvalue weighted by atomic mass is 16.5. The van der Waals surface area contributed by atoms with Crippen LogP contribution in [0.3, 0.4) is 0 Å². The lowest BCUT2D eigenvalue weighted by Crippen LogP contribution is -2.54. The van der Waals surface area contributed by atoms with Crippen LogP contribution in [-0.4, -0.2) is 29.3 Å². The first kappa shape index (κ1) is 12.8. The second-order valence-corrected chi connectivity index (χ2v) is 4.82. The molecular weight excluding hydrogens is 210 g/mol. The Labute approximate surface area is 95.2 Å². The van der Waals surface area contributed by atoms with Crippen molar-refractivity contribution in [1.82, 2.24) is 5.32 Å². The van der Waals surface area contributed by atoms with Gasteiger partial charge in [-0.25, -0.2) is 4.79 Å². The maximum atomic E-state index is 11.4.